The molecule has 0 radical (unpaired) electrons. The number of halogens is 2. The van der Waals surface area contributed by atoms with Crippen LogP contribution in [0.3, 0.4) is 0 Å². The van der Waals surface area contributed by atoms with Crippen LogP contribution in [0.1, 0.15) is 47.9 Å². The zero-order valence-electron chi connectivity index (χ0n) is 29.3. The number of nitrogens with one attached hydrogen (secondary N) is 1. The normalized spacial score (nSPS) is 26.3. The summed E-state index contributed by atoms with van der Waals surface area (Å²) in [6, 6.07) is 24.6. The first-order chi connectivity index (χ1) is 25.5. The van der Waals surface area contributed by atoms with Gasteiger partial charge in [-0.1, -0.05) is 84.2 Å². The number of anilines is 2. The lowest BCUT2D eigenvalue weighted by atomic mass is 9.49. The number of hydrogen-bond acceptors (Lipinski definition) is 7. The Kier molecular flexibility index (Phi) is 8.62. The Morgan fingerprint density at radius 2 is 1.64 bits per heavy atom. The number of ether oxygens (including phenoxy) is 1. The molecule has 1 saturated carbocycles. The summed E-state index contributed by atoms with van der Waals surface area (Å²) in [5.41, 5.74) is 5.65. The van der Waals surface area contributed by atoms with Crippen LogP contribution >= 0.6 is 23.2 Å². The lowest BCUT2D eigenvalue weighted by Crippen LogP contribution is -2.53. The number of phenolic OH excluding ortho intramolecular Hbond substituents is 1. The van der Waals surface area contributed by atoms with Gasteiger partial charge in [0.1, 0.15) is 11.5 Å². The fraction of sp³-hybridized carbons (Fsp3) is 0.286. The van der Waals surface area contributed by atoms with Crippen molar-refractivity contribution in [3.05, 3.63) is 129 Å². The molecule has 0 bridgehead atoms. The number of hydrogen-bond donors (Lipinski definition) is 2. The summed E-state index contributed by atoms with van der Waals surface area (Å²) in [7, 11) is 1.55. The molecule has 0 spiro atoms. The van der Waals surface area contributed by atoms with Gasteiger partial charge in [-0.25, -0.2) is 0 Å². The monoisotopic (exact) mass is 749 g/mol. The number of aromatic hydroxyl groups is 1. The molecule has 6 atom stereocenters. The van der Waals surface area contributed by atoms with Gasteiger partial charge < -0.3 is 9.84 Å². The Bertz CT molecular complexity index is 2220. The zero-order chi connectivity index (χ0) is 37.3. The molecule has 53 heavy (non-hydrogen) atoms. The van der Waals surface area contributed by atoms with Crippen LogP contribution in [-0.4, -0.2) is 40.9 Å². The van der Waals surface area contributed by atoms with Gasteiger partial charge in [0.2, 0.25) is 11.8 Å². The first-order valence-corrected chi connectivity index (χ1v) is 18.5. The van der Waals surface area contributed by atoms with Crippen LogP contribution < -0.4 is 15.1 Å². The number of phenols is 1. The number of methoxy groups -OCH3 is 1. The highest BCUT2D eigenvalue weighted by Crippen LogP contribution is 2.65. The van der Waals surface area contributed by atoms with Gasteiger partial charge in [-0.2, -0.15) is 5.01 Å². The van der Waals surface area contributed by atoms with Crippen LogP contribution in [0.4, 0.5) is 11.4 Å². The van der Waals surface area contributed by atoms with Gasteiger partial charge in [-0.15, -0.1) is 0 Å². The lowest BCUT2D eigenvalue weighted by Gasteiger charge is -2.50. The summed E-state index contributed by atoms with van der Waals surface area (Å²) in [6.07, 6.45) is 3.16. The van der Waals surface area contributed by atoms with Gasteiger partial charge in [0, 0.05) is 16.5 Å². The van der Waals surface area contributed by atoms with Crippen LogP contribution in [0.15, 0.2) is 96.6 Å². The van der Waals surface area contributed by atoms with Gasteiger partial charge in [0.25, 0.3) is 11.8 Å². The third-order valence-corrected chi connectivity index (χ3v) is 12.3. The van der Waals surface area contributed by atoms with E-state index in [9.17, 15) is 19.5 Å². The molecule has 9 nitrogen and oxygen atoms in total. The minimum Gasteiger partial charge on any atom is -0.507 e. The van der Waals surface area contributed by atoms with E-state index in [4.69, 9.17) is 27.9 Å². The number of rotatable bonds is 7. The van der Waals surface area contributed by atoms with Gasteiger partial charge >= 0.3 is 0 Å². The molecule has 0 unspecified atom stereocenters. The van der Waals surface area contributed by atoms with Crippen LogP contribution in [0.25, 0.3) is 0 Å². The number of imide groups is 2. The quantitative estimate of drug-likeness (QED) is 0.147. The number of fused-ring (bicyclic) bond motifs is 4. The van der Waals surface area contributed by atoms with Crippen molar-refractivity contribution >= 4 is 58.2 Å². The number of carbonyl (C=O) groups is 4. The molecule has 2 saturated heterocycles. The third kappa shape index (κ3) is 5.19. The predicted octanol–water partition coefficient (Wildman–Crippen LogP) is 7.77. The van der Waals surface area contributed by atoms with E-state index in [1.807, 2.05) is 31.2 Å². The second-order valence-electron chi connectivity index (χ2n) is 14.3. The number of hydrazine groups is 1. The highest BCUT2D eigenvalue weighted by atomic mass is 35.5. The van der Waals surface area contributed by atoms with E-state index in [1.165, 1.54) is 11.0 Å². The van der Waals surface area contributed by atoms with Crippen molar-refractivity contribution in [2.75, 3.05) is 17.4 Å². The van der Waals surface area contributed by atoms with Gasteiger partial charge in [-0.05, 0) is 91.3 Å². The number of allylic oxidation sites excluding steroid dienone is 2. The minimum atomic E-state index is -1.57. The van der Waals surface area contributed by atoms with Crippen molar-refractivity contribution in [2.24, 2.45) is 23.7 Å². The van der Waals surface area contributed by atoms with E-state index in [0.717, 1.165) is 22.6 Å². The molecule has 11 heteroatoms. The summed E-state index contributed by atoms with van der Waals surface area (Å²) in [5.74, 6) is -5.00. The molecular formula is C42H37Cl2N3O6. The standard InChI is InChI=1S/C42H37Cl2N3O6/c1-4-23-8-13-26(14-9-23)46-38(49)29-18-17-28-31(35(29)40(46)51)21-32-39(50)47(45-34-19-12-25(43)20-33(34)44)41(52)42(32,24-10-15-27(53-3)16-11-24)36(28)30-7-5-6-22(2)37(30)48/h5-17,19-20,29,31-32,35-36,45,48H,4,18,21H2,1-3H3/t29-,31+,32-,35-,36+,42+/m0/s1. The summed E-state index contributed by atoms with van der Waals surface area (Å²) in [5, 5.41) is 13.4. The number of aryl methyl sites for hydroxylation is 2. The average Bonchev–Trinajstić information content (AvgIpc) is 3.54. The highest BCUT2D eigenvalue weighted by molar-refractivity contribution is 6.36. The first-order valence-electron chi connectivity index (χ1n) is 17.7. The topological polar surface area (TPSA) is 116 Å². The van der Waals surface area contributed by atoms with Gasteiger partial charge in [0.15, 0.2) is 0 Å². The van der Waals surface area contributed by atoms with Gasteiger partial charge in [-0.3, -0.25) is 29.5 Å². The largest absolute Gasteiger partial charge is 0.507 e. The van der Waals surface area contributed by atoms with Crippen LogP contribution in [-0.2, 0) is 31.0 Å². The fourth-order valence-corrected chi connectivity index (χ4v) is 9.69. The van der Waals surface area contributed by atoms with E-state index in [0.29, 0.717) is 38.8 Å². The molecular weight excluding hydrogens is 713 g/mol. The van der Waals surface area contributed by atoms with Crippen molar-refractivity contribution < 1.29 is 29.0 Å². The summed E-state index contributed by atoms with van der Waals surface area (Å²) < 4.78 is 5.47. The van der Waals surface area contributed by atoms with E-state index in [-0.39, 0.29) is 35.4 Å². The second kappa shape index (κ2) is 13.1. The number of nitrogens with zero attached hydrogens (tertiary/aromatic N) is 2. The SMILES string of the molecule is CCc1ccc(N2C(=O)[C@H]3[C@H](CC=C4[C@H]3C[C@H]3C(=O)N(Nc5ccc(Cl)cc5Cl)C(=O)[C@@]3(c3ccc(OC)cc3)[C@H]4c3cccc(C)c3O)C2=O)cc1. The van der Waals surface area contributed by atoms with E-state index >= 15 is 4.79 Å². The average molecular weight is 751 g/mol. The van der Waals surface area contributed by atoms with Crippen LogP contribution in [0.5, 0.6) is 11.5 Å². The molecule has 3 fully saturated rings. The molecule has 2 N–H and O–H groups in total. The second-order valence-corrected chi connectivity index (χ2v) is 15.1. The maximum absolute atomic E-state index is 15.4. The molecule has 4 aliphatic rings. The molecule has 2 aliphatic heterocycles. The Morgan fingerprint density at radius 3 is 2.32 bits per heavy atom. The summed E-state index contributed by atoms with van der Waals surface area (Å²) in [6.45, 7) is 3.82. The Labute approximate surface area is 317 Å². The number of para-hydroxylation sites is 1. The predicted molar refractivity (Wildman–Crippen MR) is 202 cm³/mol. The summed E-state index contributed by atoms with van der Waals surface area (Å²) in [4.78, 5) is 60.3. The lowest BCUT2D eigenvalue weighted by molar-refractivity contribution is -0.138. The van der Waals surface area contributed by atoms with E-state index < -0.39 is 46.8 Å². The van der Waals surface area contributed by atoms with Gasteiger partial charge in [0.05, 0.1) is 46.7 Å². The first kappa shape index (κ1) is 34.9. The summed E-state index contributed by atoms with van der Waals surface area (Å²) >= 11 is 12.7. The highest BCUT2D eigenvalue weighted by Gasteiger charge is 2.70. The number of amides is 4. The van der Waals surface area contributed by atoms with E-state index in [1.54, 1.807) is 74.7 Å². The van der Waals surface area contributed by atoms with Crippen molar-refractivity contribution in [2.45, 2.75) is 44.4 Å². The zero-order valence-corrected chi connectivity index (χ0v) is 30.8. The van der Waals surface area contributed by atoms with Crippen LogP contribution in [0.2, 0.25) is 10.0 Å². The number of carbonyl (C=O) groups excluding carboxylic acids is 4. The molecule has 0 aromatic heterocycles. The number of benzene rings is 4. The Balaban J connectivity index is 1.33. The van der Waals surface area contributed by atoms with Crippen molar-refractivity contribution in [1.82, 2.24) is 5.01 Å². The Morgan fingerprint density at radius 1 is 0.906 bits per heavy atom. The molecule has 270 valence electrons. The third-order valence-electron chi connectivity index (χ3n) is 11.8. The maximum atomic E-state index is 15.4. The minimum absolute atomic E-state index is 0.00770. The van der Waals surface area contributed by atoms with Crippen molar-refractivity contribution in [3.63, 3.8) is 0 Å². The molecule has 4 aromatic carbocycles. The van der Waals surface area contributed by atoms with Crippen molar-refractivity contribution in [1.29, 1.82) is 0 Å². The van der Waals surface area contributed by atoms with E-state index in [2.05, 4.69) is 5.43 Å². The van der Waals surface area contributed by atoms with Crippen molar-refractivity contribution in [3.8, 4) is 11.5 Å². The molecule has 4 amide bonds. The molecule has 4 aromatic rings. The molecule has 2 heterocycles. The molecule has 2 aliphatic carbocycles. The maximum Gasteiger partial charge on any atom is 0.260 e. The molecule has 8 rings (SSSR count). The van der Waals surface area contributed by atoms with Crippen LogP contribution in [0, 0.1) is 30.6 Å². The fourth-order valence-electron chi connectivity index (χ4n) is 9.24. The smallest absolute Gasteiger partial charge is 0.260 e. The Hall–Kier alpha value is -5.12.